The first kappa shape index (κ1) is 18.8. The Balaban J connectivity index is 3.06. The molecule has 0 spiro atoms. The molecule has 0 aliphatic rings. The largest absolute Gasteiger partial charge is 0.390 e. The summed E-state index contributed by atoms with van der Waals surface area (Å²) in [5.74, 6) is 2.00. The van der Waals surface area contributed by atoms with E-state index in [1.165, 1.54) is 0 Å². The Morgan fingerprint density at radius 1 is 1.17 bits per heavy atom. The first-order valence-electron chi connectivity index (χ1n) is 6.25. The van der Waals surface area contributed by atoms with Crippen molar-refractivity contribution in [3.63, 3.8) is 0 Å². The van der Waals surface area contributed by atoms with Crippen LogP contribution in [0.5, 0.6) is 0 Å². The molecule has 0 fully saturated rings. The molecule has 13 heteroatoms. The van der Waals surface area contributed by atoms with Crippen molar-refractivity contribution in [2.45, 2.75) is 12.6 Å². The summed E-state index contributed by atoms with van der Waals surface area (Å²) in [7, 11) is -1.73. The molecule has 1 unspecified atom stereocenters. The van der Waals surface area contributed by atoms with Gasteiger partial charge in [0, 0.05) is 14.1 Å². The summed E-state index contributed by atoms with van der Waals surface area (Å²) in [6.45, 7) is -0.650. The molecule has 23 heavy (non-hydrogen) atoms. The van der Waals surface area contributed by atoms with Gasteiger partial charge in [0.05, 0.1) is 18.4 Å². The van der Waals surface area contributed by atoms with Gasteiger partial charge in [0.2, 0.25) is 5.91 Å². The van der Waals surface area contributed by atoms with Crippen molar-refractivity contribution in [2.24, 2.45) is 19.9 Å². The topological polar surface area (TPSA) is 175 Å². The molecule has 12 nitrogen and oxygen atoms in total. The van der Waals surface area contributed by atoms with Crippen LogP contribution < -0.4 is 28.3 Å². The normalized spacial score (nSPS) is 12.9. The molecule has 1 aromatic heterocycles. The van der Waals surface area contributed by atoms with Crippen LogP contribution in [-0.4, -0.2) is 50.7 Å². The van der Waals surface area contributed by atoms with E-state index in [9.17, 15) is 32.7 Å². The number of hydrogen-bond acceptors (Lipinski definition) is 8. The summed E-state index contributed by atoms with van der Waals surface area (Å²) in [5, 5.41) is 9.79. The molecule has 1 rings (SSSR count). The van der Waals surface area contributed by atoms with E-state index in [-0.39, 0.29) is 0 Å². The van der Waals surface area contributed by atoms with Crippen molar-refractivity contribution in [1.29, 1.82) is 0 Å². The van der Waals surface area contributed by atoms with Crippen molar-refractivity contribution >= 4 is 15.7 Å². The van der Waals surface area contributed by atoms with Crippen LogP contribution in [0.1, 0.15) is 0 Å². The second-order valence-electron chi connectivity index (χ2n) is 4.85. The minimum Gasteiger partial charge on any atom is -0.390 e. The first-order valence-corrected chi connectivity index (χ1v) is 8.07. The van der Waals surface area contributed by atoms with Gasteiger partial charge in [-0.2, -0.15) is 0 Å². The second-order valence-corrected chi connectivity index (χ2v) is 6.96. The summed E-state index contributed by atoms with van der Waals surface area (Å²) in [4.78, 5) is 46.2. The highest BCUT2D eigenvalue weighted by Gasteiger charge is 2.22. The Bertz CT molecular complexity index is 838. The van der Waals surface area contributed by atoms with Crippen LogP contribution in [-0.2, 0) is 35.3 Å². The molecule has 0 saturated heterocycles. The van der Waals surface area contributed by atoms with Crippen LogP contribution in [0.15, 0.2) is 14.4 Å². The maximum atomic E-state index is 11.9. The standard InChI is InChI=1S/C10H17N5O7S/c1-13-8(18)14(2)10(20)15(9(13)19)3-6(16)4-23(21,22)5-7(17)12-11/h6,16H,3-5,11H2,1-2H3,(H,12,17). The molecule has 4 N–H and O–H groups in total. The second kappa shape index (κ2) is 6.89. The predicted octanol–water partition coefficient (Wildman–Crippen LogP) is -4.99. The number of carbonyl (C=O) groups is 1. The number of aliphatic hydroxyl groups excluding tert-OH is 1. The van der Waals surface area contributed by atoms with Crippen molar-refractivity contribution in [3.05, 3.63) is 31.5 Å². The number of nitrogens with zero attached hydrogens (tertiary/aromatic N) is 3. The van der Waals surface area contributed by atoms with Crippen molar-refractivity contribution < 1.29 is 18.3 Å². The molecule has 0 aromatic carbocycles. The van der Waals surface area contributed by atoms with Crippen LogP contribution in [0, 0.1) is 0 Å². The fourth-order valence-electron chi connectivity index (χ4n) is 1.85. The molecule has 1 amide bonds. The van der Waals surface area contributed by atoms with E-state index >= 15 is 0 Å². The molecular weight excluding hydrogens is 334 g/mol. The minimum absolute atomic E-state index is 0.532. The lowest BCUT2D eigenvalue weighted by Crippen LogP contribution is -2.54. The van der Waals surface area contributed by atoms with Gasteiger partial charge in [0.25, 0.3) is 0 Å². The fraction of sp³-hybridized carbons (Fsp3) is 0.600. The third-order valence-electron chi connectivity index (χ3n) is 2.96. The van der Waals surface area contributed by atoms with Gasteiger partial charge in [-0.3, -0.25) is 10.2 Å². The molecule has 0 bridgehead atoms. The van der Waals surface area contributed by atoms with Crippen LogP contribution in [0.2, 0.25) is 0 Å². The van der Waals surface area contributed by atoms with Crippen LogP contribution >= 0.6 is 0 Å². The summed E-state index contributed by atoms with van der Waals surface area (Å²) in [6.07, 6.45) is -1.63. The third-order valence-corrected chi connectivity index (χ3v) is 4.56. The molecule has 1 aromatic rings. The highest BCUT2D eigenvalue weighted by Crippen LogP contribution is 1.97. The molecular formula is C10H17N5O7S. The molecule has 0 radical (unpaired) electrons. The number of carbonyl (C=O) groups excluding carboxylic acids is 1. The quantitative estimate of drug-likeness (QED) is 0.259. The average molecular weight is 351 g/mol. The van der Waals surface area contributed by atoms with Gasteiger partial charge < -0.3 is 5.11 Å². The summed E-state index contributed by atoms with van der Waals surface area (Å²) in [5.41, 5.74) is -1.19. The lowest BCUT2D eigenvalue weighted by molar-refractivity contribution is -0.118. The maximum absolute atomic E-state index is 11.9. The van der Waals surface area contributed by atoms with E-state index in [1.807, 2.05) is 0 Å². The lowest BCUT2D eigenvalue weighted by Gasteiger charge is -2.13. The van der Waals surface area contributed by atoms with E-state index < -0.39 is 57.0 Å². The summed E-state index contributed by atoms with van der Waals surface area (Å²) in [6, 6.07) is 0. The van der Waals surface area contributed by atoms with E-state index in [0.29, 0.717) is 13.7 Å². The third kappa shape index (κ3) is 4.37. The zero-order valence-electron chi connectivity index (χ0n) is 12.4. The fourth-order valence-corrected chi connectivity index (χ4v) is 3.14. The van der Waals surface area contributed by atoms with Crippen molar-refractivity contribution in [1.82, 2.24) is 19.1 Å². The first-order chi connectivity index (χ1) is 10.5. The highest BCUT2D eigenvalue weighted by atomic mass is 32.2. The number of hydrogen-bond donors (Lipinski definition) is 3. The molecule has 0 aliphatic heterocycles. The SMILES string of the molecule is Cn1c(=O)n(C)c(=O)n(CC(O)CS(=O)(=O)CC(=O)NN)c1=O. The van der Waals surface area contributed by atoms with Crippen LogP contribution in [0.25, 0.3) is 0 Å². The Kier molecular flexibility index (Phi) is 5.63. The van der Waals surface area contributed by atoms with E-state index in [4.69, 9.17) is 5.84 Å². The van der Waals surface area contributed by atoms with Gasteiger partial charge in [-0.05, 0) is 0 Å². The molecule has 0 aliphatic carbocycles. The zero-order chi connectivity index (χ0) is 17.9. The lowest BCUT2D eigenvalue weighted by atomic mass is 10.4. The number of aliphatic hydroxyl groups is 1. The Morgan fingerprint density at radius 3 is 2.09 bits per heavy atom. The van der Waals surface area contributed by atoms with E-state index in [2.05, 4.69) is 0 Å². The highest BCUT2D eigenvalue weighted by molar-refractivity contribution is 7.92. The molecule has 1 atom stereocenters. The van der Waals surface area contributed by atoms with E-state index in [1.54, 1.807) is 5.43 Å². The van der Waals surface area contributed by atoms with Gasteiger partial charge in [-0.15, -0.1) is 0 Å². The number of nitrogens with one attached hydrogen (secondary N) is 1. The summed E-state index contributed by atoms with van der Waals surface area (Å²) >= 11 is 0. The zero-order valence-corrected chi connectivity index (χ0v) is 13.2. The predicted molar refractivity (Wildman–Crippen MR) is 78.2 cm³/mol. The number of hydrazine groups is 1. The van der Waals surface area contributed by atoms with E-state index in [0.717, 1.165) is 14.1 Å². The van der Waals surface area contributed by atoms with Crippen LogP contribution in [0.3, 0.4) is 0 Å². The molecule has 0 saturated carbocycles. The van der Waals surface area contributed by atoms with Gasteiger partial charge >= 0.3 is 17.1 Å². The summed E-state index contributed by atoms with van der Waals surface area (Å²) < 4.78 is 25.1. The van der Waals surface area contributed by atoms with Gasteiger partial charge in [-0.1, -0.05) is 0 Å². The maximum Gasteiger partial charge on any atom is 0.336 e. The van der Waals surface area contributed by atoms with Crippen LogP contribution in [0.4, 0.5) is 0 Å². The van der Waals surface area contributed by atoms with Crippen molar-refractivity contribution in [3.8, 4) is 0 Å². The minimum atomic E-state index is -4.00. The Hall–Kier alpha value is -2.25. The Morgan fingerprint density at radius 2 is 1.65 bits per heavy atom. The van der Waals surface area contributed by atoms with Gasteiger partial charge in [0.1, 0.15) is 5.75 Å². The number of amides is 1. The van der Waals surface area contributed by atoms with Crippen molar-refractivity contribution in [2.75, 3.05) is 11.5 Å². The monoisotopic (exact) mass is 351 g/mol. The molecule has 130 valence electrons. The molecule has 1 heterocycles. The smallest absolute Gasteiger partial charge is 0.336 e. The number of sulfone groups is 1. The number of aromatic nitrogens is 3. The Labute approximate surface area is 129 Å². The van der Waals surface area contributed by atoms with Gasteiger partial charge in [-0.25, -0.2) is 42.3 Å². The van der Waals surface area contributed by atoms with Gasteiger partial charge in [0.15, 0.2) is 9.84 Å². The number of rotatable bonds is 6. The number of nitrogens with two attached hydrogens (primary N) is 1. The average Bonchev–Trinajstić information content (AvgIpc) is 2.46.